The molecule has 1 aromatic rings. The van der Waals surface area contributed by atoms with Crippen molar-refractivity contribution in [2.24, 2.45) is 0 Å². The van der Waals surface area contributed by atoms with Gasteiger partial charge >= 0.3 is 0 Å². The average Bonchev–Trinajstić information content (AvgIpc) is 2.05. The van der Waals surface area contributed by atoms with Crippen LogP contribution in [-0.2, 0) is 18.0 Å². The first kappa shape index (κ1) is 5.89. The van der Waals surface area contributed by atoms with Crippen molar-refractivity contribution in [2.75, 3.05) is 0 Å². The topological polar surface area (TPSA) is 23.3 Å². The highest BCUT2D eigenvalue weighted by Crippen LogP contribution is 2.13. The SMILES string of the molecule is c1ccc2c(c1)C[N]OC2. The average molecular weight is 134 g/mol. The van der Waals surface area contributed by atoms with E-state index >= 15 is 0 Å². The minimum absolute atomic E-state index is 0.635. The molecule has 0 spiro atoms. The van der Waals surface area contributed by atoms with E-state index in [4.69, 9.17) is 4.84 Å². The minimum atomic E-state index is 0.635. The highest BCUT2D eigenvalue weighted by atomic mass is 16.6. The zero-order valence-corrected chi connectivity index (χ0v) is 5.58. The second kappa shape index (κ2) is 2.40. The van der Waals surface area contributed by atoms with Crippen LogP contribution in [0.1, 0.15) is 11.1 Å². The number of rotatable bonds is 0. The zero-order chi connectivity index (χ0) is 6.81. The molecule has 0 saturated heterocycles. The second-order valence-electron chi connectivity index (χ2n) is 2.33. The summed E-state index contributed by atoms with van der Waals surface area (Å²) in [6, 6.07) is 8.21. The van der Waals surface area contributed by atoms with E-state index in [0.29, 0.717) is 13.2 Å². The van der Waals surface area contributed by atoms with Crippen LogP contribution < -0.4 is 5.48 Å². The molecule has 0 aromatic heterocycles. The molecule has 10 heavy (non-hydrogen) atoms. The first-order valence-corrected chi connectivity index (χ1v) is 3.32. The Balaban J connectivity index is 2.41. The van der Waals surface area contributed by atoms with Crippen molar-refractivity contribution < 1.29 is 4.84 Å². The lowest BCUT2D eigenvalue weighted by atomic mass is 10.1. The molecule has 1 heterocycles. The molecule has 2 heteroatoms. The molecule has 1 radical (unpaired) electrons. The van der Waals surface area contributed by atoms with E-state index in [0.717, 1.165) is 0 Å². The maximum Gasteiger partial charge on any atom is 0.0956 e. The molecule has 51 valence electrons. The number of hydrogen-bond donors (Lipinski definition) is 0. The van der Waals surface area contributed by atoms with Gasteiger partial charge in [0, 0.05) is 0 Å². The summed E-state index contributed by atoms with van der Waals surface area (Å²) in [5.74, 6) is 0. The van der Waals surface area contributed by atoms with E-state index < -0.39 is 0 Å². The lowest BCUT2D eigenvalue weighted by Gasteiger charge is -2.13. The molecule has 1 aromatic carbocycles. The Morgan fingerprint density at radius 1 is 1.20 bits per heavy atom. The Kier molecular flexibility index (Phi) is 1.42. The van der Waals surface area contributed by atoms with Gasteiger partial charge in [-0.2, -0.15) is 0 Å². The van der Waals surface area contributed by atoms with Crippen molar-refractivity contribution in [3.8, 4) is 0 Å². The molecule has 1 aliphatic heterocycles. The number of fused-ring (bicyclic) bond motifs is 1. The third-order valence-electron chi connectivity index (χ3n) is 1.66. The largest absolute Gasteiger partial charge is 0.277 e. The number of hydrogen-bond acceptors (Lipinski definition) is 1. The van der Waals surface area contributed by atoms with E-state index in [9.17, 15) is 0 Å². The van der Waals surface area contributed by atoms with Gasteiger partial charge in [0.1, 0.15) is 0 Å². The molecule has 0 aliphatic carbocycles. The van der Waals surface area contributed by atoms with E-state index in [1.165, 1.54) is 11.1 Å². The molecule has 0 saturated carbocycles. The van der Waals surface area contributed by atoms with Crippen molar-refractivity contribution in [1.82, 2.24) is 5.48 Å². The molecular formula is C8H8NO. The van der Waals surface area contributed by atoms with Gasteiger partial charge < -0.3 is 0 Å². The summed E-state index contributed by atoms with van der Waals surface area (Å²) in [5, 5.41) is 0. The van der Waals surface area contributed by atoms with Crippen molar-refractivity contribution in [3.63, 3.8) is 0 Å². The molecule has 0 bridgehead atoms. The van der Waals surface area contributed by atoms with Crippen LogP contribution in [0.2, 0.25) is 0 Å². The smallest absolute Gasteiger partial charge is 0.0956 e. The summed E-state index contributed by atoms with van der Waals surface area (Å²) in [6.07, 6.45) is 0. The molecule has 0 N–H and O–H groups in total. The molecule has 0 amide bonds. The number of hydroxylamine groups is 1. The van der Waals surface area contributed by atoms with Crippen molar-refractivity contribution >= 4 is 0 Å². The van der Waals surface area contributed by atoms with Crippen molar-refractivity contribution in [2.45, 2.75) is 13.2 Å². The lowest BCUT2D eigenvalue weighted by Crippen LogP contribution is -2.14. The maximum absolute atomic E-state index is 4.92. The fourth-order valence-electron chi connectivity index (χ4n) is 1.08. The third kappa shape index (κ3) is 0.916. The summed E-state index contributed by atoms with van der Waals surface area (Å²) in [4.78, 5) is 4.92. The first-order chi connectivity index (χ1) is 4.97. The van der Waals surface area contributed by atoms with E-state index in [2.05, 4.69) is 17.6 Å². The highest BCUT2D eigenvalue weighted by molar-refractivity contribution is 5.26. The Hall–Kier alpha value is -0.860. The van der Waals surface area contributed by atoms with Gasteiger partial charge in [0.25, 0.3) is 0 Å². The summed E-state index contributed by atoms with van der Waals surface area (Å²) in [6.45, 7) is 1.34. The van der Waals surface area contributed by atoms with Crippen molar-refractivity contribution in [3.05, 3.63) is 35.4 Å². The van der Waals surface area contributed by atoms with Gasteiger partial charge in [0.15, 0.2) is 0 Å². The molecule has 2 nitrogen and oxygen atoms in total. The molecule has 0 fully saturated rings. The third-order valence-corrected chi connectivity index (χ3v) is 1.66. The van der Waals surface area contributed by atoms with Crippen LogP contribution >= 0.6 is 0 Å². The van der Waals surface area contributed by atoms with Crippen LogP contribution in [0.3, 0.4) is 0 Å². The van der Waals surface area contributed by atoms with Gasteiger partial charge in [-0.1, -0.05) is 29.7 Å². The Morgan fingerprint density at radius 3 is 2.80 bits per heavy atom. The van der Waals surface area contributed by atoms with Gasteiger partial charge in [-0.05, 0) is 11.1 Å². The Bertz CT molecular complexity index is 209. The van der Waals surface area contributed by atoms with Crippen molar-refractivity contribution in [1.29, 1.82) is 0 Å². The van der Waals surface area contributed by atoms with Crippen LogP contribution in [-0.4, -0.2) is 0 Å². The highest BCUT2D eigenvalue weighted by Gasteiger charge is 2.07. The van der Waals surface area contributed by atoms with Gasteiger partial charge in [-0.3, -0.25) is 4.84 Å². The van der Waals surface area contributed by atoms with Crippen LogP contribution in [0, 0.1) is 0 Å². The van der Waals surface area contributed by atoms with Gasteiger partial charge in [0.2, 0.25) is 0 Å². The van der Waals surface area contributed by atoms with Gasteiger partial charge in [-0.15, -0.1) is 0 Å². The van der Waals surface area contributed by atoms with Crippen LogP contribution in [0.4, 0.5) is 0 Å². The summed E-state index contributed by atoms with van der Waals surface area (Å²) >= 11 is 0. The monoisotopic (exact) mass is 134 g/mol. The van der Waals surface area contributed by atoms with Gasteiger partial charge in [-0.25, -0.2) is 0 Å². The summed E-state index contributed by atoms with van der Waals surface area (Å²) in [5.41, 5.74) is 6.37. The molecule has 1 aliphatic rings. The number of benzene rings is 1. The van der Waals surface area contributed by atoms with E-state index in [1.807, 2.05) is 12.1 Å². The molecular weight excluding hydrogens is 126 g/mol. The fraction of sp³-hybridized carbons (Fsp3) is 0.250. The zero-order valence-electron chi connectivity index (χ0n) is 5.58. The predicted molar refractivity (Wildman–Crippen MR) is 37.1 cm³/mol. The molecule has 0 atom stereocenters. The quantitative estimate of drug-likeness (QED) is 0.523. The fourth-order valence-corrected chi connectivity index (χ4v) is 1.08. The second-order valence-corrected chi connectivity index (χ2v) is 2.33. The Labute approximate surface area is 59.8 Å². The summed E-state index contributed by atoms with van der Waals surface area (Å²) < 4.78 is 0. The van der Waals surface area contributed by atoms with Crippen LogP contribution in [0.5, 0.6) is 0 Å². The van der Waals surface area contributed by atoms with Crippen LogP contribution in [0.15, 0.2) is 24.3 Å². The summed E-state index contributed by atoms with van der Waals surface area (Å²) in [7, 11) is 0. The van der Waals surface area contributed by atoms with E-state index in [1.54, 1.807) is 0 Å². The van der Waals surface area contributed by atoms with Gasteiger partial charge in [0.05, 0.1) is 13.2 Å². The molecule has 2 rings (SSSR count). The standard InChI is InChI=1S/C8H8NO/c1-2-4-8-6-10-9-5-7(8)3-1/h1-4H,5-6H2. The normalized spacial score (nSPS) is 16.4. The first-order valence-electron chi connectivity index (χ1n) is 3.32. The molecule has 0 unspecified atom stereocenters. The Morgan fingerprint density at radius 2 is 2.00 bits per heavy atom. The number of nitrogens with zero attached hydrogens (tertiary/aromatic N) is 1. The van der Waals surface area contributed by atoms with Crippen LogP contribution in [0.25, 0.3) is 0 Å². The predicted octanol–water partition coefficient (Wildman–Crippen LogP) is 1.24. The van der Waals surface area contributed by atoms with E-state index in [-0.39, 0.29) is 0 Å². The maximum atomic E-state index is 4.92. The minimum Gasteiger partial charge on any atom is -0.277 e. The lowest BCUT2D eigenvalue weighted by molar-refractivity contribution is 0.00260.